The van der Waals surface area contributed by atoms with E-state index < -0.39 is 6.61 Å². The summed E-state index contributed by atoms with van der Waals surface area (Å²) in [7, 11) is 1.72. The minimum Gasteiger partial charge on any atom is -0.435 e. The molecular weight excluding hydrogens is 346 g/mol. The zero-order valence-corrected chi connectivity index (χ0v) is 15.6. The molecule has 0 aromatic heterocycles. The summed E-state index contributed by atoms with van der Waals surface area (Å²) in [5.74, 6) is 1.47. The van der Waals surface area contributed by atoms with Gasteiger partial charge in [0.25, 0.3) is 0 Å². The van der Waals surface area contributed by atoms with Crippen molar-refractivity contribution in [2.45, 2.75) is 38.2 Å². The number of ether oxygens (including phenoxy) is 2. The van der Waals surface area contributed by atoms with E-state index in [0.29, 0.717) is 18.4 Å². The Morgan fingerprint density at radius 3 is 2.07 bits per heavy atom. The van der Waals surface area contributed by atoms with E-state index in [9.17, 15) is 8.78 Å². The fourth-order valence-electron chi connectivity index (χ4n) is 3.77. The molecule has 0 heterocycles. The van der Waals surface area contributed by atoms with Crippen LogP contribution in [0.3, 0.4) is 0 Å². The maximum Gasteiger partial charge on any atom is 0.387 e. The first-order chi connectivity index (χ1) is 13.2. The molecule has 144 valence electrons. The monoisotopic (exact) mass is 372 g/mol. The number of hydrogen-bond donors (Lipinski definition) is 0. The molecule has 1 fully saturated rings. The molecule has 0 amide bonds. The van der Waals surface area contributed by atoms with Gasteiger partial charge in [0.2, 0.25) is 0 Å². The standard InChI is InChI=1S/C23H26F2O2/c1-26-16-2-3-17-4-6-18(7-5-17)19-8-10-20(11-9-19)21-12-14-22(15-13-21)27-23(24)25/h2-3,8-15,17-18,23H,4-7,16H2,1H3/t17-,18-. The second kappa shape index (κ2) is 9.65. The Hall–Kier alpha value is -2.20. The summed E-state index contributed by atoms with van der Waals surface area (Å²) in [6.07, 6.45) is 9.28. The summed E-state index contributed by atoms with van der Waals surface area (Å²) in [6.45, 7) is -2.10. The first kappa shape index (κ1) is 19.6. The van der Waals surface area contributed by atoms with Gasteiger partial charge in [-0.25, -0.2) is 0 Å². The zero-order chi connectivity index (χ0) is 19.1. The van der Waals surface area contributed by atoms with E-state index in [4.69, 9.17) is 4.74 Å². The molecule has 27 heavy (non-hydrogen) atoms. The lowest BCUT2D eigenvalue weighted by Gasteiger charge is -2.27. The third-order valence-electron chi connectivity index (χ3n) is 5.24. The van der Waals surface area contributed by atoms with Gasteiger partial charge in [0, 0.05) is 7.11 Å². The minimum absolute atomic E-state index is 0.182. The van der Waals surface area contributed by atoms with Gasteiger partial charge in [0.05, 0.1) is 6.61 Å². The van der Waals surface area contributed by atoms with Gasteiger partial charge >= 0.3 is 6.61 Å². The van der Waals surface area contributed by atoms with Crippen LogP contribution in [0.2, 0.25) is 0 Å². The van der Waals surface area contributed by atoms with Gasteiger partial charge in [-0.3, -0.25) is 0 Å². The number of alkyl halides is 2. The van der Waals surface area contributed by atoms with Crippen LogP contribution in [0.5, 0.6) is 5.75 Å². The number of halogens is 2. The average Bonchev–Trinajstić information content (AvgIpc) is 2.69. The second-order valence-corrected chi connectivity index (χ2v) is 7.02. The molecule has 0 N–H and O–H groups in total. The van der Waals surface area contributed by atoms with E-state index in [-0.39, 0.29) is 5.75 Å². The largest absolute Gasteiger partial charge is 0.435 e. The Kier molecular flexibility index (Phi) is 6.99. The topological polar surface area (TPSA) is 18.5 Å². The third kappa shape index (κ3) is 5.64. The summed E-state index contributed by atoms with van der Waals surface area (Å²) >= 11 is 0. The highest BCUT2D eigenvalue weighted by molar-refractivity contribution is 5.64. The van der Waals surface area contributed by atoms with Crippen molar-refractivity contribution in [2.24, 2.45) is 5.92 Å². The van der Waals surface area contributed by atoms with Gasteiger partial charge in [-0.05, 0) is 66.3 Å². The summed E-state index contributed by atoms with van der Waals surface area (Å²) in [5, 5.41) is 0. The van der Waals surface area contributed by atoms with E-state index in [1.54, 1.807) is 19.2 Å². The molecule has 1 saturated carbocycles. The molecule has 2 aromatic carbocycles. The van der Waals surface area contributed by atoms with E-state index in [1.807, 2.05) is 12.1 Å². The Morgan fingerprint density at radius 1 is 0.926 bits per heavy atom. The van der Waals surface area contributed by atoms with Crippen LogP contribution in [-0.4, -0.2) is 20.3 Å². The summed E-state index contributed by atoms with van der Waals surface area (Å²) in [5.41, 5.74) is 3.46. The summed E-state index contributed by atoms with van der Waals surface area (Å²) < 4.78 is 33.9. The van der Waals surface area contributed by atoms with Crippen molar-refractivity contribution >= 4 is 0 Å². The maximum absolute atomic E-state index is 12.2. The van der Waals surface area contributed by atoms with Gasteiger partial charge in [0.15, 0.2) is 0 Å². The van der Waals surface area contributed by atoms with Crippen molar-refractivity contribution in [3.05, 3.63) is 66.2 Å². The predicted molar refractivity (Wildman–Crippen MR) is 104 cm³/mol. The van der Waals surface area contributed by atoms with Crippen molar-refractivity contribution < 1.29 is 18.3 Å². The third-order valence-corrected chi connectivity index (χ3v) is 5.24. The SMILES string of the molecule is COCC=C[C@H]1CC[C@H](c2ccc(-c3ccc(OC(F)F)cc3)cc2)CC1. The molecule has 1 aliphatic rings. The molecule has 3 rings (SSSR count). The predicted octanol–water partition coefficient (Wildman–Crippen LogP) is 6.43. The molecule has 0 atom stereocenters. The lowest BCUT2D eigenvalue weighted by molar-refractivity contribution is -0.0498. The normalized spacial score (nSPS) is 20.3. The maximum atomic E-state index is 12.2. The van der Waals surface area contributed by atoms with Crippen LogP contribution in [0.1, 0.15) is 37.2 Å². The molecule has 0 unspecified atom stereocenters. The fraction of sp³-hybridized carbons (Fsp3) is 0.391. The molecule has 0 aliphatic heterocycles. The molecule has 0 spiro atoms. The molecular formula is C23H26F2O2. The highest BCUT2D eigenvalue weighted by atomic mass is 19.3. The van der Waals surface area contributed by atoms with E-state index in [1.165, 1.54) is 31.2 Å². The van der Waals surface area contributed by atoms with Crippen LogP contribution in [0.4, 0.5) is 8.78 Å². The Bertz CT molecular complexity index is 715. The number of benzene rings is 2. The number of methoxy groups -OCH3 is 1. The van der Waals surface area contributed by atoms with Gasteiger partial charge < -0.3 is 9.47 Å². The van der Waals surface area contributed by atoms with Gasteiger partial charge in [-0.1, -0.05) is 48.6 Å². The quantitative estimate of drug-likeness (QED) is 0.521. The number of allylic oxidation sites excluding steroid dienone is 1. The molecule has 4 heteroatoms. The van der Waals surface area contributed by atoms with Crippen molar-refractivity contribution in [3.8, 4) is 16.9 Å². The Labute approximate surface area is 159 Å². The first-order valence-corrected chi connectivity index (χ1v) is 9.46. The molecule has 1 aliphatic carbocycles. The minimum atomic E-state index is -2.79. The van der Waals surface area contributed by atoms with Crippen LogP contribution in [0, 0.1) is 5.92 Å². The Morgan fingerprint density at radius 2 is 1.52 bits per heavy atom. The van der Waals surface area contributed by atoms with E-state index >= 15 is 0 Å². The zero-order valence-electron chi connectivity index (χ0n) is 15.6. The van der Waals surface area contributed by atoms with Gasteiger partial charge in [-0.15, -0.1) is 0 Å². The molecule has 0 bridgehead atoms. The van der Waals surface area contributed by atoms with Crippen molar-refractivity contribution in [1.82, 2.24) is 0 Å². The highest BCUT2D eigenvalue weighted by Gasteiger charge is 2.20. The first-order valence-electron chi connectivity index (χ1n) is 9.46. The smallest absolute Gasteiger partial charge is 0.387 e. The van der Waals surface area contributed by atoms with Gasteiger partial charge in [0.1, 0.15) is 5.75 Å². The van der Waals surface area contributed by atoms with Crippen molar-refractivity contribution in [3.63, 3.8) is 0 Å². The van der Waals surface area contributed by atoms with Crippen LogP contribution < -0.4 is 4.74 Å². The Balaban J connectivity index is 1.58. The summed E-state index contributed by atoms with van der Waals surface area (Å²) in [6, 6.07) is 15.4. The van der Waals surface area contributed by atoms with E-state index in [2.05, 4.69) is 41.2 Å². The lowest BCUT2D eigenvalue weighted by atomic mass is 9.78. The van der Waals surface area contributed by atoms with Crippen LogP contribution >= 0.6 is 0 Å². The molecule has 0 radical (unpaired) electrons. The molecule has 2 aromatic rings. The lowest BCUT2D eigenvalue weighted by Crippen LogP contribution is -2.11. The fourth-order valence-corrected chi connectivity index (χ4v) is 3.77. The molecule has 2 nitrogen and oxygen atoms in total. The average molecular weight is 372 g/mol. The highest BCUT2D eigenvalue weighted by Crippen LogP contribution is 2.37. The second-order valence-electron chi connectivity index (χ2n) is 7.02. The van der Waals surface area contributed by atoms with Crippen LogP contribution in [0.25, 0.3) is 11.1 Å². The number of hydrogen-bond acceptors (Lipinski definition) is 2. The summed E-state index contributed by atoms with van der Waals surface area (Å²) in [4.78, 5) is 0. The van der Waals surface area contributed by atoms with Crippen LogP contribution in [0.15, 0.2) is 60.7 Å². The van der Waals surface area contributed by atoms with Crippen molar-refractivity contribution in [1.29, 1.82) is 0 Å². The van der Waals surface area contributed by atoms with Gasteiger partial charge in [-0.2, -0.15) is 8.78 Å². The van der Waals surface area contributed by atoms with Crippen molar-refractivity contribution in [2.75, 3.05) is 13.7 Å². The van der Waals surface area contributed by atoms with E-state index in [0.717, 1.165) is 11.1 Å². The number of rotatable bonds is 7. The molecule has 0 saturated heterocycles. The van der Waals surface area contributed by atoms with Crippen LogP contribution in [-0.2, 0) is 4.74 Å².